The largest absolute Gasteiger partial charge is 0.454 e. The molecular formula is C13H15BrN2O. The first-order chi connectivity index (χ1) is 8.31. The zero-order valence-electron chi connectivity index (χ0n) is 9.77. The third-order valence-corrected chi connectivity index (χ3v) is 3.02. The van der Waals surface area contributed by atoms with E-state index in [0.29, 0.717) is 0 Å². The summed E-state index contributed by atoms with van der Waals surface area (Å²) in [6.45, 7) is 3.05. The SMILES string of the molecule is CCCn1cc(Oc2ccc(CBr)cc2)cn1. The molecule has 17 heavy (non-hydrogen) atoms. The summed E-state index contributed by atoms with van der Waals surface area (Å²) in [7, 11) is 0. The van der Waals surface area contributed by atoms with Crippen LogP contribution in [0.4, 0.5) is 0 Å². The Morgan fingerprint density at radius 2 is 2.00 bits per heavy atom. The van der Waals surface area contributed by atoms with Gasteiger partial charge in [-0.1, -0.05) is 35.0 Å². The van der Waals surface area contributed by atoms with Crippen molar-refractivity contribution < 1.29 is 4.74 Å². The molecule has 0 saturated carbocycles. The normalized spacial score (nSPS) is 10.5. The van der Waals surface area contributed by atoms with Gasteiger partial charge in [-0.2, -0.15) is 5.10 Å². The zero-order chi connectivity index (χ0) is 12.1. The van der Waals surface area contributed by atoms with Crippen LogP contribution in [-0.2, 0) is 11.9 Å². The van der Waals surface area contributed by atoms with Gasteiger partial charge in [0.05, 0.1) is 12.4 Å². The highest BCUT2D eigenvalue weighted by Gasteiger charge is 2.01. The van der Waals surface area contributed by atoms with Gasteiger partial charge in [0, 0.05) is 11.9 Å². The second-order valence-corrected chi connectivity index (χ2v) is 4.38. The Morgan fingerprint density at radius 1 is 1.24 bits per heavy atom. The van der Waals surface area contributed by atoms with Gasteiger partial charge in [0.1, 0.15) is 5.75 Å². The molecule has 2 rings (SSSR count). The van der Waals surface area contributed by atoms with E-state index in [2.05, 4.69) is 28.0 Å². The molecule has 0 amide bonds. The lowest BCUT2D eigenvalue weighted by Crippen LogP contribution is -1.95. The summed E-state index contributed by atoms with van der Waals surface area (Å²) >= 11 is 3.42. The summed E-state index contributed by atoms with van der Waals surface area (Å²) < 4.78 is 7.60. The number of ether oxygens (including phenoxy) is 1. The topological polar surface area (TPSA) is 27.1 Å². The standard InChI is InChI=1S/C13H15BrN2O/c1-2-7-16-10-13(9-15-16)17-12-5-3-11(8-14)4-6-12/h3-6,9-10H,2,7-8H2,1H3. The molecule has 0 atom stereocenters. The van der Waals surface area contributed by atoms with Crippen molar-refractivity contribution in [3.63, 3.8) is 0 Å². The van der Waals surface area contributed by atoms with Gasteiger partial charge >= 0.3 is 0 Å². The summed E-state index contributed by atoms with van der Waals surface area (Å²) in [6, 6.07) is 8.02. The number of rotatable bonds is 5. The van der Waals surface area contributed by atoms with Crippen molar-refractivity contribution >= 4 is 15.9 Å². The van der Waals surface area contributed by atoms with Crippen LogP contribution >= 0.6 is 15.9 Å². The van der Waals surface area contributed by atoms with Crippen LogP contribution in [0.25, 0.3) is 0 Å². The van der Waals surface area contributed by atoms with E-state index in [0.717, 1.165) is 29.8 Å². The molecule has 0 radical (unpaired) electrons. The predicted octanol–water partition coefficient (Wildman–Crippen LogP) is 3.98. The molecule has 1 heterocycles. The van der Waals surface area contributed by atoms with E-state index in [1.165, 1.54) is 5.56 Å². The van der Waals surface area contributed by atoms with Crippen LogP contribution in [0.2, 0.25) is 0 Å². The molecular weight excluding hydrogens is 280 g/mol. The minimum absolute atomic E-state index is 0.782. The van der Waals surface area contributed by atoms with Crippen molar-refractivity contribution in [2.75, 3.05) is 0 Å². The Balaban J connectivity index is 2.03. The fourth-order valence-corrected chi connectivity index (χ4v) is 1.91. The van der Waals surface area contributed by atoms with Crippen molar-refractivity contribution in [1.29, 1.82) is 0 Å². The van der Waals surface area contributed by atoms with Crippen molar-refractivity contribution in [3.05, 3.63) is 42.2 Å². The third-order valence-electron chi connectivity index (χ3n) is 2.38. The van der Waals surface area contributed by atoms with Gasteiger partial charge in [-0.15, -0.1) is 0 Å². The van der Waals surface area contributed by atoms with Gasteiger partial charge in [0.2, 0.25) is 0 Å². The van der Waals surface area contributed by atoms with Crippen LogP contribution < -0.4 is 4.74 Å². The van der Waals surface area contributed by atoms with Crippen molar-refractivity contribution in [1.82, 2.24) is 9.78 Å². The number of hydrogen-bond acceptors (Lipinski definition) is 2. The van der Waals surface area contributed by atoms with E-state index < -0.39 is 0 Å². The van der Waals surface area contributed by atoms with Gasteiger partial charge in [-0.25, -0.2) is 0 Å². The maximum absolute atomic E-state index is 5.71. The highest BCUT2D eigenvalue weighted by atomic mass is 79.9. The number of halogens is 1. The summed E-state index contributed by atoms with van der Waals surface area (Å²) in [5.74, 6) is 1.62. The summed E-state index contributed by atoms with van der Waals surface area (Å²) in [6.07, 6.45) is 4.73. The maximum Gasteiger partial charge on any atom is 0.165 e. The summed E-state index contributed by atoms with van der Waals surface area (Å²) in [5, 5.41) is 5.08. The molecule has 0 unspecified atom stereocenters. The minimum Gasteiger partial charge on any atom is -0.454 e. The third kappa shape index (κ3) is 3.33. The van der Waals surface area contributed by atoms with Gasteiger partial charge < -0.3 is 4.74 Å². The highest BCUT2D eigenvalue weighted by Crippen LogP contribution is 2.21. The second kappa shape index (κ2) is 5.87. The summed E-state index contributed by atoms with van der Waals surface area (Å²) in [4.78, 5) is 0. The van der Waals surface area contributed by atoms with E-state index in [1.54, 1.807) is 6.20 Å². The van der Waals surface area contributed by atoms with Gasteiger partial charge in [0.25, 0.3) is 0 Å². The number of hydrogen-bond donors (Lipinski definition) is 0. The molecule has 0 spiro atoms. The number of benzene rings is 1. The van der Waals surface area contributed by atoms with E-state index >= 15 is 0 Å². The number of nitrogens with zero attached hydrogens (tertiary/aromatic N) is 2. The van der Waals surface area contributed by atoms with Gasteiger partial charge in [-0.05, 0) is 24.1 Å². The fourth-order valence-electron chi connectivity index (χ4n) is 1.53. The number of aryl methyl sites for hydroxylation is 1. The van der Waals surface area contributed by atoms with Crippen LogP contribution in [0.5, 0.6) is 11.5 Å². The number of aromatic nitrogens is 2. The molecule has 4 heteroatoms. The average molecular weight is 295 g/mol. The molecule has 90 valence electrons. The first kappa shape index (κ1) is 12.2. The first-order valence-corrected chi connectivity index (χ1v) is 6.79. The van der Waals surface area contributed by atoms with Crippen LogP contribution in [0.1, 0.15) is 18.9 Å². The van der Waals surface area contributed by atoms with Gasteiger partial charge in [-0.3, -0.25) is 4.68 Å². The lowest BCUT2D eigenvalue weighted by Gasteiger charge is -2.03. The fraction of sp³-hybridized carbons (Fsp3) is 0.308. The molecule has 0 saturated heterocycles. The van der Waals surface area contributed by atoms with Crippen molar-refractivity contribution in [2.24, 2.45) is 0 Å². The first-order valence-electron chi connectivity index (χ1n) is 5.67. The summed E-state index contributed by atoms with van der Waals surface area (Å²) in [5.41, 5.74) is 1.24. The predicted molar refractivity (Wildman–Crippen MR) is 71.7 cm³/mol. The number of alkyl halides is 1. The molecule has 0 fully saturated rings. The monoisotopic (exact) mass is 294 g/mol. The molecule has 1 aromatic carbocycles. The lowest BCUT2D eigenvalue weighted by molar-refractivity contribution is 0.480. The lowest BCUT2D eigenvalue weighted by atomic mass is 10.2. The molecule has 2 aromatic rings. The van der Waals surface area contributed by atoms with Crippen LogP contribution in [0.15, 0.2) is 36.7 Å². The molecule has 0 aliphatic carbocycles. The Bertz CT molecular complexity index is 465. The van der Waals surface area contributed by atoms with Gasteiger partial charge in [0.15, 0.2) is 5.75 Å². The minimum atomic E-state index is 0.782. The van der Waals surface area contributed by atoms with Crippen LogP contribution in [0, 0.1) is 0 Å². The van der Waals surface area contributed by atoms with Crippen molar-refractivity contribution in [3.8, 4) is 11.5 Å². The molecule has 0 N–H and O–H groups in total. The second-order valence-electron chi connectivity index (χ2n) is 3.82. The zero-order valence-corrected chi connectivity index (χ0v) is 11.4. The van der Waals surface area contributed by atoms with Crippen LogP contribution in [-0.4, -0.2) is 9.78 Å². The van der Waals surface area contributed by atoms with Crippen molar-refractivity contribution in [2.45, 2.75) is 25.2 Å². The van der Waals surface area contributed by atoms with E-state index in [9.17, 15) is 0 Å². The molecule has 3 nitrogen and oxygen atoms in total. The Hall–Kier alpha value is -1.29. The van der Waals surface area contributed by atoms with E-state index in [-0.39, 0.29) is 0 Å². The Kier molecular flexibility index (Phi) is 4.20. The maximum atomic E-state index is 5.71. The Labute approximate surface area is 110 Å². The molecule has 0 aliphatic heterocycles. The quantitative estimate of drug-likeness (QED) is 0.780. The highest BCUT2D eigenvalue weighted by molar-refractivity contribution is 9.08. The Morgan fingerprint density at radius 3 is 2.65 bits per heavy atom. The van der Waals surface area contributed by atoms with E-state index in [1.807, 2.05) is 35.1 Å². The molecule has 0 aliphatic rings. The van der Waals surface area contributed by atoms with E-state index in [4.69, 9.17) is 4.74 Å². The molecule has 0 bridgehead atoms. The van der Waals surface area contributed by atoms with Crippen LogP contribution in [0.3, 0.4) is 0 Å². The molecule has 1 aromatic heterocycles. The smallest absolute Gasteiger partial charge is 0.165 e. The average Bonchev–Trinajstić information content (AvgIpc) is 2.78.